The minimum absolute atomic E-state index is 0.274. The van der Waals surface area contributed by atoms with E-state index in [9.17, 15) is 13.2 Å². The Kier molecular flexibility index (Phi) is 7.59. The maximum absolute atomic E-state index is 12.6. The largest absolute Gasteiger partial charge is 0.416 e. The van der Waals surface area contributed by atoms with Crippen molar-refractivity contribution < 1.29 is 22.6 Å². The molecule has 126 valence electrons. The van der Waals surface area contributed by atoms with Crippen molar-refractivity contribution in [3.63, 3.8) is 0 Å². The lowest BCUT2D eigenvalue weighted by Crippen LogP contribution is -2.30. The van der Waals surface area contributed by atoms with Gasteiger partial charge in [-0.25, -0.2) is 0 Å². The van der Waals surface area contributed by atoms with E-state index in [1.165, 1.54) is 18.2 Å². The molecule has 7 heteroatoms. The highest BCUT2D eigenvalue weighted by atomic mass is 19.4. The van der Waals surface area contributed by atoms with Crippen LogP contribution in [0.3, 0.4) is 0 Å². The Hall–Kier alpha value is -2.04. The molecule has 4 nitrogen and oxygen atoms in total. The van der Waals surface area contributed by atoms with Crippen LogP contribution < -0.4 is 5.32 Å². The van der Waals surface area contributed by atoms with Crippen LogP contribution in [-0.4, -0.2) is 26.0 Å². The zero-order valence-electron chi connectivity index (χ0n) is 13.0. The number of nitrogens with zero attached hydrogens (tertiary/aromatic N) is 1. The van der Waals surface area contributed by atoms with Crippen LogP contribution in [0.2, 0.25) is 0 Å². The molecule has 0 saturated carbocycles. The molecule has 0 saturated heterocycles. The molecule has 1 rings (SSSR count). The standard InChI is InChI=1S/C16H19F3N2O2/c1-3-22-15(23-4-2)11-21-14(9-10-20)12-5-7-13(8-6-12)16(17,18)19/h5-9,15,21H,3-4,11H2,1-2H3. The highest BCUT2D eigenvalue weighted by Gasteiger charge is 2.30. The third-order valence-electron chi connectivity index (χ3n) is 2.90. The Morgan fingerprint density at radius 2 is 1.78 bits per heavy atom. The first-order chi connectivity index (χ1) is 10.9. The van der Waals surface area contributed by atoms with Crippen LogP contribution in [-0.2, 0) is 15.7 Å². The lowest BCUT2D eigenvalue weighted by atomic mass is 10.1. The Labute approximate surface area is 133 Å². The van der Waals surface area contributed by atoms with Crippen LogP contribution in [0, 0.1) is 11.3 Å². The van der Waals surface area contributed by atoms with Gasteiger partial charge in [-0.05, 0) is 31.5 Å². The van der Waals surface area contributed by atoms with Crippen LogP contribution >= 0.6 is 0 Å². The molecule has 0 radical (unpaired) electrons. The van der Waals surface area contributed by atoms with E-state index in [0.29, 0.717) is 24.5 Å². The van der Waals surface area contributed by atoms with Crippen molar-refractivity contribution >= 4 is 5.70 Å². The molecule has 1 aromatic carbocycles. The van der Waals surface area contributed by atoms with E-state index in [0.717, 1.165) is 12.1 Å². The number of nitriles is 1. The van der Waals surface area contributed by atoms with Gasteiger partial charge in [0.1, 0.15) is 0 Å². The molecule has 0 spiro atoms. The van der Waals surface area contributed by atoms with Gasteiger partial charge in [-0.3, -0.25) is 0 Å². The minimum Gasteiger partial charge on any atom is -0.379 e. The van der Waals surface area contributed by atoms with Crippen molar-refractivity contribution in [1.82, 2.24) is 5.32 Å². The molecular weight excluding hydrogens is 309 g/mol. The first-order valence-electron chi connectivity index (χ1n) is 7.16. The number of hydrogen-bond donors (Lipinski definition) is 1. The van der Waals surface area contributed by atoms with Gasteiger partial charge in [0.05, 0.1) is 23.9 Å². The van der Waals surface area contributed by atoms with Gasteiger partial charge in [-0.1, -0.05) is 12.1 Å². The van der Waals surface area contributed by atoms with Gasteiger partial charge in [0.15, 0.2) is 6.29 Å². The Morgan fingerprint density at radius 1 is 1.22 bits per heavy atom. The van der Waals surface area contributed by atoms with E-state index >= 15 is 0 Å². The lowest BCUT2D eigenvalue weighted by molar-refractivity contribution is -0.137. The maximum atomic E-state index is 12.6. The third-order valence-corrected chi connectivity index (χ3v) is 2.90. The van der Waals surface area contributed by atoms with Crippen LogP contribution in [0.4, 0.5) is 13.2 Å². The fourth-order valence-corrected chi connectivity index (χ4v) is 1.87. The topological polar surface area (TPSA) is 54.3 Å². The molecule has 1 N–H and O–H groups in total. The molecular formula is C16H19F3N2O2. The summed E-state index contributed by atoms with van der Waals surface area (Å²) in [5.41, 5.74) is 0.149. The smallest absolute Gasteiger partial charge is 0.379 e. The molecule has 0 atom stereocenters. The van der Waals surface area contributed by atoms with Crippen molar-refractivity contribution in [3.8, 4) is 6.07 Å². The summed E-state index contributed by atoms with van der Waals surface area (Å²) in [7, 11) is 0. The first-order valence-corrected chi connectivity index (χ1v) is 7.16. The van der Waals surface area contributed by atoms with Gasteiger partial charge in [-0.2, -0.15) is 18.4 Å². The summed E-state index contributed by atoms with van der Waals surface area (Å²) in [5.74, 6) is 0. The van der Waals surface area contributed by atoms with Gasteiger partial charge in [0.25, 0.3) is 0 Å². The van der Waals surface area contributed by atoms with Crippen molar-refractivity contribution in [2.75, 3.05) is 19.8 Å². The number of halogens is 3. The van der Waals surface area contributed by atoms with Crippen molar-refractivity contribution in [1.29, 1.82) is 5.26 Å². The molecule has 0 amide bonds. The van der Waals surface area contributed by atoms with E-state index in [4.69, 9.17) is 14.7 Å². The molecule has 0 aliphatic carbocycles. The van der Waals surface area contributed by atoms with Crippen LogP contribution in [0.1, 0.15) is 25.0 Å². The molecule has 0 aliphatic rings. The summed E-state index contributed by atoms with van der Waals surface area (Å²) in [5, 5.41) is 11.8. The second-order valence-corrected chi connectivity index (χ2v) is 4.48. The average Bonchev–Trinajstić information content (AvgIpc) is 2.51. The molecule has 0 heterocycles. The lowest BCUT2D eigenvalue weighted by Gasteiger charge is -2.19. The van der Waals surface area contributed by atoms with Crippen LogP contribution in [0.25, 0.3) is 5.70 Å². The summed E-state index contributed by atoms with van der Waals surface area (Å²) in [4.78, 5) is 0. The number of rotatable bonds is 8. The van der Waals surface area contributed by atoms with E-state index in [-0.39, 0.29) is 6.54 Å². The Bertz CT molecular complexity index is 542. The summed E-state index contributed by atoms with van der Waals surface area (Å²) in [6, 6.07) is 6.45. The van der Waals surface area contributed by atoms with Gasteiger partial charge in [0.2, 0.25) is 0 Å². The fraction of sp³-hybridized carbons (Fsp3) is 0.438. The summed E-state index contributed by atoms with van der Waals surface area (Å²) < 4.78 is 48.5. The summed E-state index contributed by atoms with van der Waals surface area (Å²) in [6.45, 7) is 4.85. The molecule has 0 bridgehead atoms. The molecule has 0 unspecified atom stereocenters. The first kappa shape index (κ1) is 19.0. The van der Waals surface area contributed by atoms with E-state index < -0.39 is 18.0 Å². The molecule has 23 heavy (non-hydrogen) atoms. The number of hydrogen-bond acceptors (Lipinski definition) is 4. The average molecular weight is 328 g/mol. The normalized spacial score (nSPS) is 12.3. The van der Waals surface area contributed by atoms with Gasteiger partial charge >= 0.3 is 6.18 Å². The van der Waals surface area contributed by atoms with Crippen molar-refractivity contribution in [2.45, 2.75) is 26.3 Å². The van der Waals surface area contributed by atoms with Gasteiger partial charge in [-0.15, -0.1) is 0 Å². The predicted molar refractivity (Wildman–Crippen MR) is 80.1 cm³/mol. The van der Waals surface area contributed by atoms with E-state index in [2.05, 4.69) is 5.32 Å². The molecule has 0 aromatic heterocycles. The summed E-state index contributed by atoms with van der Waals surface area (Å²) in [6.07, 6.45) is -3.65. The van der Waals surface area contributed by atoms with E-state index in [1.807, 2.05) is 19.9 Å². The predicted octanol–water partition coefficient (Wildman–Crippen LogP) is 3.56. The van der Waals surface area contributed by atoms with Crippen molar-refractivity contribution in [3.05, 3.63) is 41.5 Å². The number of allylic oxidation sites excluding steroid dienone is 1. The highest BCUT2D eigenvalue weighted by molar-refractivity contribution is 5.66. The zero-order chi connectivity index (χ0) is 17.3. The second-order valence-electron chi connectivity index (χ2n) is 4.48. The molecule has 1 aromatic rings. The number of benzene rings is 1. The van der Waals surface area contributed by atoms with E-state index in [1.54, 1.807) is 0 Å². The van der Waals surface area contributed by atoms with Gasteiger partial charge < -0.3 is 14.8 Å². The van der Waals surface area contributed by atoms with Crippen LogP contribution in [0.5, 0.6) is 0 Å². The highest BCUT2D eigenvalue weighted by Crippen LogP contribution is 2.29. The Morgan fingerprint density at radius 3 is 2.22 bits per heavy atom. The SMILES string of the molecule is CCOC(CNC(=CC#N)c1ccc(C(F)(F)F)cc1)OCC. The molecule has 0 fully saturated rings. The fourth-order valence-electron chi connectivity index (χ4n) is 1.87. The number of ether oxygens (including phenoxy) is 2. The van der Waals surface area contributed by atoms with Gasteiger partial charge in [0, 0.05) is 19.3 Å². The molecule has 0 aliphatic heterocycles. The third kappa shape index (κ3) is 6.30. The maximum Gasteiger partial charge on any atom is 0.416 e. The van der Waals surface area contributed by atoms with Crippen LogP contribution in [0.15, 0.2) is 30.3 Å². The number of alkyl halides is 3. The van der Waals surface area contributed by atoms with Crippen molar-refractivity contribution in [2.24, 2.45) is 0 Å². The minimum atomic E-state index is -4.39. The Balaban J connectivity index is 2.83. The second kappa shape index (κ2) is 9.18. The quantitative estimate of drug-likeness (QED) is 0.586. The zero-order valence-corrected chi connectivity index (χ0v) is 13.0. The summed E-state index contributed by atoms with van der Waals surface area (Å²) >= 11 is 0. The number of nitrogens with one attached hydrogen (secondary N) is 1. The monoisotopic (exact) mass is 328 g/mol.